The number of benzene rings is 1. The van der Waals surface area contributed by atoms with Crippen molar-refractivity contribution >= 4 is 17.5 Å². The monoisotopic (exact) mass is 242 g/mol. The molecule has 0 unspecified atom stereocenters. The second-order valence-corrected chi connectivity index (χ2v) is 3.45. The Hall–Kier alpha value is -1.39. The second-order valence-electron chi connectivity index (χ2n) is 3.05. The molecule has 3 N–H and O–H groups in total. The highest BCUT2D eigenvalue weighted by Crippen LogP contribution is 2.15. The van der Waals surface area contributed by atoms with E-state index in [0.717, 1.165) is 6.07 Å². The number of carbonyl (C=O) groups excluding carboxylic acids is 1. The smallest absolute Gasteiger partial charge is 0.251 e. The fourth-order valence-electron chi connectivity index (χ4n) is 1.07. The van der Waals surface area contributed by atoms with Gasteiger partial charge in [-0.2, -0.15) is 0 Å². The normalized spacial score (nSPS) is 10.7. The number of rotatable bonds is 4. The van der Waals surface area contributed by atoms with Crippen molar-refractivity contribution in [2.24, 2.45) is 5.73 Å². The van der Waals surface area contributed by atoms with Gasteiger partial charge in [0.15, 0.2) is 0 Å². The SMILES string of the molecule is NC/C=C/CNC(=O)c1ccc(F)c(Cl)c1. The van der Waals surface area contributed by atoms with Crippen molar-refractivity contribution < 1.29 is 9.18 Å². The van der Waals surface area contributed by atoms with Crippen molar-refractivity contribution in [1.29, 1.82) is 0 Å². The molecule has 1 amide bonds. The van der Waals surface area contributed by atoms with Gasteiger partial charge in [0.25, 0.3) is 5.91 Å². The predicted octanol–water partition coefficient (Wildman–Crippen LogP) is 1.72. The Morgan fingerprint density at radius 1 is 1.50 bits per heavy atom. The molecule has 0 radical (unpaired) electrons. The molecule has 0 saturated carbocycles. The summed E-state index contributed by atoms with van der Waals surface area (Å²) >= 11 is 5.56. The minimum Gasteiger partial charge on any atom is -0.349 e. The molecule has 1 aromatic carbocycles. The third-order valence-electron chi connectivity index (χ3n) is 1.87. The molecule has 0 aliphatic heterocycles. The van der Waals surface area contributed by atoms with Crippen molar-refractivity contribution in [3.8, 4) is 0 Å². The summed E-state index contributed by atoms with van der Waals surface area (Å²) in [7, 11) is 0. The minimum absolute atomic E-state index is 0.0647. The number of amides is 1. The molecule has 0 spiro atoms. The van der Waals surface area contributed by atoms with Crippen LogP contribution in [0.15, 0.2) is 30.4 Å². The summed E-state index contributed by atoms with van der Waals surface area (Å²) in [4.78, 5) is 11.5. The van der Waals surface area contributed by atoms with Crippen LogP contribution in [-0.2, 0) is 0 Å². The fraction of sp³-hybridized carbons (Fsp3) is 0.182. The fourth-order valence-corrected chi connectivity index (χ4v) is 1.25. The number of halogens is 2. The quantitative estimate of drug-likeness (QED) is 0.790. The maximum atomic E-state index is 12.8. The van der Waals surface area contributed by atoms with Crippen LogP contribution in [0, 0.1) is 5.82 Å². The van der Waals surface area contributed by atoms with Crippen molar-refractivity contribution in [2.75, 3.05) is 13.1 Å². The minimum atomic E-state index is -0.541. The number of carbonyl (C=O) groups is 1. The summed E-state index contributed by atoms with van der Waals surface area (Å²) in [6, 6.07) is 3.83. The van der Waals surface area contributed by atoms with E-state index in [0.29, 0.717) is 18.7 Å². The third-order valence-corrected chi connectivity index (χ3v) is 2.15. The summed E-state index contributed by atoms with van der Waals surface area (Å²) in [5, 5.41) is 2.55. The van der Waals surface area contributed by atoms with Gasteiger partial charge < -0.3 is 11.1 Å². The maximum Gasteiger partial charge on any atom is 0.251 e. The third kappa shape index (κ3) is 3.64. The maximum absolute atomic E-state index is 12.8. The first-order valence-corrected chi connectivity index (χ1v) is 5.11. The van der Waals surface area contributed by atoms with Crippen molar-refractivity contribution in [1.82, 2.24) is 5.32 Å². The number of hydrogen-bond donors (Lipinski definition) is 2. The van der Waals surface area contributed by atoms with Gasteiger partial charge in [0.2, 0.25) is 0 Å². The molecule has 0 aliphatic carbocycles. The van der Waals surface area contributed by atoms with Gasteiger partial charge in [-0.1, -0.05) is 23.8 Å². The Labute approximate surface area is 98.1 Å². The molecule has 1 aromatic rings. The molecule has 0 atom stereocenters. The van der Waals surface area contributed by atoms with E-state index in [9.17, 15) is 9.18 Å². The summed E-state index contributed by atoms with van der Waals surface area (Å²) in [6.07, 6.45) is 3.47. The lowest BCUT2D eigenvalue weighted by Crippen LogP contribution is -2.23. The van der Waals surface area contributed by atoms with Gasteiger partial charge in [-0.3, -0.25) is 4.79 Å². The molecule has 0 aromatic heterocycles. The summed E-state index contributed by atoms with van der Waals surface area (Å²) in [5.41, 5.74) is 5.56. The van der Waals surface area contributed by atoms with Crippen LogP contribution < -0.4 is 11.1 Å². The van der Waals surface area contributed by atoms with Crippen molar-refractivity contribution in [3.63, 3.8) is 0 Å². The highest BCUT2D eigenvalue weighted by atomic mass is 35.5. The average Bonchev–Trinajstić information content (AvgIpc) is 2.28. The zero-order chi connectivity index (χ0) is 12.0. The molecule has 3 nitrogen and oxygen atoms in total. The van der Waals surface area contributed by atoms with Gasteiger partial charge in [-0.05, 0) is 18.2 Å². The van der Waals surface area contributed by atoms with Crippen LogP contribution >= 0.6 is 11.6 Å². The standard InChI is InChI=1S/C11H12ClFN2O/c12-9-7-8(3-4-10(9)13)11(16)15-6-2-1-5-14/h1-4,7H,5-6,14H2,(H,15,16)/b2-1+. The van der Waals surface area contributed by atoms with Gasteiger partial charge in [-0.15, -0.1) is 0 Å². The number of nitrogens with one attached hydrogen (secondary N) is 1. The molecule has 16 heavy (non-hydrogen) atoms. The molecule has 0 aliphatic rings. The Morgan fingerprint density at radius 3 is 2.88 bits per heavy atom. The summed E-state index contributed by atoms with van der Waals surface area (Å²) in [5.74, 6) is -0.843. The largest absolute Gasteiger partial charge is 0.349 e. The lowest BCUT2D eigenvalue weighted by Gasteiger charge is -2.03. The van der Waals surface area contributed by atoms with E-state index in [1.165, 1.54) is 12.1 Å². The lowest BCUT2D eigenvalue weighted by molar-refractivity contribution is 0.0958. The predicted molar refractivity (Wildman–Crippen MR) is 61.9 cm³/mol. The zero-order valence-electron chi connectivity index (χ0n) is 8.54. The Balaban J connectivity index is 2.59. The van der Waals surface area contributed by atoms with E-state index in [1.54, 1.807) is 12.2 Å². The van der Waals surface area contributed by atoms with Gasteiger partial charge in [0.05, 0.1) is 5.02 Å². The second kappa shape index (κ2) is 6.25. The Morgan fingerprint density at radius 2 is 2.25 bits per heavy atom. The highest BCUT2D eigenvalue weighted by Gasteiger charge is 2.07. The van der Waals surface area contributed by atoms with E-state index in [4.69, 9.17) is 17.3 Å². The molecule has 0 heterocycles. The first-order valence-electron chi connectivity index (χ1n) is 4.73. The van der Waals surface area contributed by atoms with Crippen LogP contribution in [0.1, 0.15) is 10.4 Å². The van der Waals surface area contributed by atoms with Gasteiger partial charge in [0, 0.05) is 18.7 Å². The van der Waals surface area contributed by atoms with E-state index in [-0.39, 0.29) is 10.9 Å². The van der Waals surface area contributed by atoms with E-state index in [1.807, 2.05) is 0 Å². The van der Waals surface area contributed by atoms with E-state index < -0.39 is 5.82 Å². The number of hydrogen-bond acceptors (Lipinski definition) is 2. The topological polar surface area (TPSA) is 55.1 Å². The molecular formula is C11H12ClFN2O. The summed E-state index contributed by atoms with van der Waals surface area (Å²) < 4.78 is 12.8. The first-order chi connectivity index (χ1) is 7.65. The van der Waals surface area contributed by atoms with E-state index >= 15 is 0 Å². The highest BCUT2D eigenvalue weighted by molar-refractivity contribution is 6.31. The van der Waals surface area contributed by atoms with Crippen LogP contribution in [0.2, 0.25) is 5.02 Å². The van der Waals surface area contributed by atoms with Crippen LogP contribution in [-0.4, -0.2) is 19.0 Å². The van der Waals surface area contributed by atoms with E-state index in [2.05, 4.69) is 5.32 Å². The summed E-state index contributed by atoms with van der Waals surface area (Å²) in [6.45, 7) is 0.809. The molecule has 1 rings (SSSR count). The lowest BCUT2D eigenvalue weighted by atomic mass is 10.2. The molecule has 5 heteroatoms. The number of nitrogens with two attached hydrogens (primary N) is 1. The molecule has 0 bridgehead atoms. The molecule has 0 saturated heterocycles. The van der Waals surface area contributed by atoms with Crippen LogP contribution in [0.5, 0.6) is 0 Å². The van der Waals surface area contributed by atoms with Gasteiger partial charge >= 0.3 is 0 Å². The van der Waals surface area contributed by atoms with Crippen LogP contribution in [0.25, 0.3) is 0 Å². The zero-order valence-corrected chi connectivity index (χ0v) is 9.30. The molecule has 86 valence electrons. The molecule has 0 fully saturated rings. The average molecular weight is 243 g/mol. The van der Waals surface area contributed by atoms with Crippen molar-refractivity contribution in [2.45, 2.75) is 0 Å². The van der Waals surface area contributed by atoms with Crippen LogP contribution in [0.4, 0.5) is 4.39 Å². The first kappa shape index (κ1) is 12.7. The van der Waals surface area contributed by atoms with Crippen LogP contribution in [0.3, 0.4) is 0 Å². The Kier molecular flexibility index (Phi) is 4.95. The Bertz CT molecular complexity index is 407. The molecular weight excluding hydrogens is 231 g/mol. The van der Waals surface area contributed by atoms with Gasteiger partial charge in [-0.25, -0.2) is 4.39 Å². The van der Waals surface area contributed by atoms with Crippen molar-refractivity contribution in [3.05, 3.63) is 46.8 Å². The van der Waals surface area contributed by atoms with Gasteiger partial charge in [0.1, 0.15) is 5.82 Å².